The van der Waals surface area contributed by atoms with Crippen molar-refractivity contribution in [3.05, 3.63) is 24.3 Å². The van der Waals surface area contributed by atoms with E-state index in [0.29, 0.717) is 4.90 Å². The van der Waals surface area contributed by atoms with Crippen LogP contribution in [0.5, 0.6) is 0 Å². The van der Waals surface area contributed by atoms with Crippen LogP contribution in [0.15, 0.2) is 29.2 Å². The lowest BCUT2D eigenvalue weighted by Crippen LogP contribution is -2.68. The van der Waals surface area contributed by atoms with Crippen LogP contribution in [0.1, 0.15) is 47.0 Å². The number of nitrogens with one attached hydrogen (secondary N) is 1. The van der Waals surface area contributed by atoms with Gasteiger partial charge in [-0.25, -0.2) is 0 Å². The first-order chi connectivity index (χ1) is 13.2. The predicted molar refractivity (Wildman–Crippen MR) is 113 cm³/mol. The molecule has 4 rings (SSSR count). The van der Waals surface area contributed by atoms with Gasteiger partial charge in [-0.2, -0.15) is 0 Å². The van der Waals surface area contributed by atoms with E-state index in [1.807, 2.05) is 39.8 Å². The van der Waals surface area contributed by atoms with Crippen molar-refractivity contribution in [3.8, 4) is 0 Å². The van der Waals surface area contributed by atoms with E-state index in [4.69, 9.17) is 0 Å². The Balaban J connectivity index is 0.000000614. The van der Waals surface area contributed by atoms with Gasteiger partial charge in [-0.05, 0) is 54.5 Å². The van der Waals surface area contributed by atoms with Gasteiger partial charge in [-0.15, -0.1) is 0 Å². The molecule has 3 fully saturated rings. The summed E-state index contributed by atoms with van der Waals surface area (Å²) >= 11 is -2.14. The highest BCUT2D eigenvalue weighted by atomic mass is 32.2. The van der Waals surface area contributed by atoms with Gasteiger partial charge in [0.15, 0.2) is 0 Å². The summed E-state index contributed by atoms with van der Waals surface area (Å²) in [5.41, 5.74) is 1.04. The molecule has 0 aromatic heterocycles. The van der Waals surface area contributed by atoms with Crippen LogP contribution < -0.4 is 10.2 Å². The molecule has 0 aliphatic carbocycles. The van der Waals surface area contributed by atoms with Crippen molar-refractivity contribution in [2.24, 2.45) is 5.92 Å². The number of hydrogen-bond donors (Lipinski definition) is 1. The van der Waals surface area contributed by atoms with E-state index in [0.717, 1.165) is 49.9 Å². The van der Waals surface area contributed by atoms with Gasteiger partial charge in [0.2, 0.25) is 0 Å². The van der Waals surface area contributed by atoms with E-state index in [1.165, 1.54) is 25.8 Å². The van der Waals surface area contributed by atoms with Crippen LogP contribution in [0.25, 0.3) is 0 Å². The Morgan fingerprint density at radius 3 is 2.30 bits per heavy atom. The molecule has 3 aliphatic rings. The fourth-order valence-corrected chi connectivity index (χ4v) is 4.72. The smallest absolute Gasteiger partial charge is 0.0377 e. The third-order valence-corrected chi connectivity index (χ3v) is 6.34. The predicted octanol–water partition coefficient (Wildman–Crippen LogP) is 3.24. The summed E-state index contributed by atoms with van der Waals surface area (Å²) in [6.45, 7) is 13.6. The third-order valence-electron chi connectivity index (χ3n) is 5.70. The summed E-state index contributed by atoms with van der Waals surface area (Å²) in [7, 11) is 0. The number of nitrogens with zero attached hydrogens (tertiary/aromatic N) is 2. The van der Waals surface area contributed by atoms with E-state index < -0.39 is 11.1 Å². The van der Waals surface area contributed by atoms with Gasteiger partial charge in [0.1, 0.15) is 0 Å². The highest BCUT2D eigenvalue weighted by molar-refractivity contribution is 7.79. The zero-order valence-corrected chi connectivity index (χ0v) is 18.1. The minimum absolute atomic E-state index is 0.380. The van der Waals surface area contributed by atoms with E-state index >= 15 is 0 Å². The molecular weight excluding hydrogens is 358 g/mol. The van der Waals surface area contributed by atoms with Crippen LogP contribution in [0, 0.1) is 5.92 Å². The van der Waals surface area contributed by atoms with E-state index in [2.05, 4.69) is 15.1 Å². The van der Waals surface area contributed by atoms with Crippen molar-refractivity contribution in [1.29, 1.82) is 0 Å². The first-order valence-corrected chi connectivity index (χ1v) is 11.7. The fourth-order valence-electron chi connectivity index (χ4n) is 4.32. The third kappa shape index (κ3) is 5.53. The largest absolute Gasteiger partial charge is 0.768 e. The molecule has 0 amide bonds. The molecule has 2 bridgehead atoms. The Kier molecular flexibility index (Phi) is 9.22. The molecular formula is C21H36N3O2S-. The maximum absolute atomic E-state index is 11.1. The summed E-state index contributed by atoms with van der Waals surface area (Å²) in [6, 6.07) is 8.83. The molecule has 0 saturated carbocycles. The van der Waals surface area contributed by atoms with Crippen molar-refractivity contribution in [3.63, 3.8) is 0 Å². The van der Waals surface area contributed by atoms with Gasteiger partial charge in [-0.3, -0.25) is 9.11 Å². The number of rotatable bonds is 4. The first-order valence-electron chi connectivity index (χ1n) is 10.6. The van der Waals surface area contributed by atoms with Crippen molar-refractivity contribution in [2.45, 2.75) is 63.9 Å². The van der Waals surface area contributed by atoms with Crippen LogP contribution in [0.3, 0.4) is 0 Å². The molecule has 1 aromatic rings. The zero-order valence-electron chi connectivity index (χ0n) is 17.3. The average molecular weight is 395 g/mol. The lowest BCUT2D eigenvalue weighted by Gasteiger charge is -2.54. The molecule has 3 unspecified atom stereocenters. The highest BCUT2D eigenvalue weighted by Crippen LogP contribution is 2.32. The summed E-state index contributed by atoms with van der Waals surface area (Å²) < 4.78 is 22.2. The number of fused-ring (bicyclic) bond motifs is 2. The van der Waals surface area contributed by atoms with Gasteiger partial charge in [0.25, 0.3) is 0 Å². The van der Waals surface area contributed by atoms with E-state index in [9.17, 15) is 8.76 Å². The van der Waals surface area contributed by atoms with Crippen LogP contribution in [0.4, 0.5) is 5.69 Å². The molecule has 3 atom stereocenters. The molecule has 0 radical (unpaired) electrons. The molecule has 0 spiro atoms. The van der Waals surface area contributed by atoms with Crippen LogP contribution in [0.2, 0.25) is 0 Å². The molecule has 3 heterocycles. The fraction of sp³-hybridized carbons (Fsp3) is 0.714. The van der Waals surface area contributed by atoms with Gasteiger partial charge < -0.3 is 14.8 Å². The molecule has 1 aromatic carbocycles. The zero-order chi connectivity index (χ0) is 19.8. The lowest BCUT2D eigenvalue weighted by atomic mass is 9.85. The summed E-state index contributed by atoms with van der Waals surface area (Å²) in [4.78, 5) is 5.41. The molecule has 3 saturated heterocycles. The minimum Gasteiger partial charge on any atom is -0.768 e. The molecule has 154 valence electrons. The van der Waals surface area contributed by atoms with Crippen molar-refractivity contribution < 1.29 is 8.76 Å². The monoisotopic (exact) mass is 394 g/mol. The van der Waals surface area contributed by atoms with Crippen LogP contribution >= 0.6 is 0 Å². The maximum Gasteiger partial charge on any atom is 0.0377 e. The molecule has 1 N–H and O–H groups in total. The number of anilines is 1. The minimum atomic E-state index is -2.14. The van der Waals surface area contributed by atoms with Gasteiger partial charge >= 0.3 is 0 Å². The van der Waals surface area contributed by atoms with E-state index in [-0.39, 0.29) is 0 Å². The topological polar surface area (TPSA) is 58.6 Å². The Bertz CT molecular complexity index is 577. The summed E-state index contributed by atoms with van der Waals surface area (Å²) in [5, 5.41) is 3.49. The number of benzene rings is 1. The number of hydrogen-bond acceptors (Lipinski definition) is 5. The number of piperidine rings is 2. The molecule has 3 aliphatic heterocycles. The van der Waals surface area contributed by atoms with Crippen molar-refractivity contribution in [1.82, 2.24) is 10.2 Å². The normalized spacial score (nSPS) is 26.0. The number of piperazine rings is 1. The lowest BCUT2D eigenvalue weighted by molar-refractivity contribution is -0.0273. The Hall–Kier alpha value is -0.950. The highest BCUT2D eigenvalue weighted by Gasteiger charge is 2.42. The van der Waals surface area contributed by atoms with Crippen LogP contribution in [-0.2, 0) is 11.1 Å². The Morgan fingerprint density at radius 2 is 1.74 bits per heavy atom. The second-order valence-electron chi connectivity index (χ2n) is 7.06. The average Bonchev–Trinajstić information content (AvgIpc) is 2.76. The standard InChI is InChI=1S/C17H25N3O2S.2C2H6/c21-23(22)17-3-1-2-14(9-17)19-6-4-13(5-7-19)12-20-15-8-16(20)11-18-10-15;2*1-2/h1-3,9,13,15-16,18H,4-8,10-12H2,(H,21,22);2*1-2H3/p-1. The summed E-state index contributed by atoms with van der Waals surface area (Å²) in [5.74, 6) is 0.784. The second kappa shape index (κ2) is 11.1. The van der Waals surface area contributed by atoms with Crippen molar-refractivity contribution in [2.75, 3.05) is 37.6 Å². The molecule has 27 heavy (non-hydrogen) atoms. The quantitative estimate of drug-likeness (QED) is 0.795. The maximum atomic E-state index is 11.1. The Morgan fingerprint density at radius 1 is 1.11 bits per heavy atom. The molecule has 5 nitrogen and oxygen atoms in total. The summed E-state index contributed by atoms with van der Waals surface area (Å²) in [6.07, 6.45) is 3.78. The van der Waals surface area contributed by atoms with E-state index in [1.54, 1.807) is 12.1 Å². The van der Waals surface area contributed by atoms with Gasteiger partial charge in [0, 0.05) is 55.4 Å². The van der Waals surface area contributed by atoms with Crippen molar-refractivity contribution >= 4 is 16.8 Å². The van der Waals surface area contributed by atoms with Crippen LogP contribution in [-0.4, -0.2) is 58.5 Å². The van der Waals surface area contributed by atoms with Gasteiger partial charge in [0.05, 0.1) is 0 Å². The second-order valence-corrected chi connectivity index (χ2v) is 8.00. The van der Waals surface area contributed by atoms with Gasteiger partial charge in [-0.1, -0.05) is 33.8 Å². The molecule has 6 heteroatoms. The first kappa shape index (κ1) is 22.3. The Labute approximate surface area is 167 Å². The SMILES string of the molecule is CC.CC.O=S([O-])c1cccc(N2CCC(CN3C4CNCC3C4)CC2)c1.